The van der Waals surface area contributed by atoms with Crippen LogP contribution in [0.3, 0.4) is 0 Å². The van der Waals surface area contributed by atoms with Crippen molar-refractivity contribution in [1.82, 2.24) is 5.32 Å². The van der Waals surface area contributed by atoms with E-state index in [0.29, 0.717) is 0 Å². The highest BCUT2D eigenvalue weighted by Gasteiger charge is 2.09. The van der Waals surface area contributed by atoms with Crippen molar-refractivity contribution in [3.63, 3.8) is 0 Å². The lowest BCUT2D eigenvalue weighted by molar-refractivity contribution is 0.243. The van der Waals surface area contributed by atoms with Gasteiger partial charge in [0.2, 0.25) is 0 Å². The number of ether oxygens (including phenoxy) is 1. The number of hydrogen-bond donors (Lipinski definition) is 1. The van der Waals surface area contributed by atoms with Crippen LogP contribution in [0.5, 0.6) is 5.75 Å². The maximum Gasteiger partial charge on any atom is 0.143 e. The second-order valence-electron chi connectivity index (χ2n) is 6.45. The van der Waals surface area contributed by atoms with Gasteiger partial charge < -0.3 is 15.0 Å². The second-order valence-corrected chi connectivity index (χ2v) is 6.45. The van der Waals surface area contributed by atoms with Gasteiger partial charge in [0.05, 0.1) is 11.8 Å². The lowest BCUT2D eigenvalue weighted by atomic mass is 10.1. The molecule has 1 N–H and O–H groups in total. The Bertz CT molecular complexity index is 618. The third-order valence-electron chi connectivity index (χ3n) is 3.65. The Hall–Kier alpha value is -2.00. The minimum atomic E-state index is 0.171. The summed E-state index contributed by atoms with van der Waals surface area (Å²) in [5.41, 5.74) is 4.95. The number of benzene rings is 2. The molecular formula is C20H28N2O. The molecule has 0 saturated carbocycles. The molecule has 0 aromatic heterocycles. The van der Waals surface area contributed by atoms with Crippen molar-refractivity contribution in [3.8, 4) is 5.75 Å². The minimum Gasteiger partial charge on any atom is -0.489 e. The average Bonchev–Trinajstić information content (AvgIpc) is 2.48. The Kier molecular flexibility index (Phi) is 6.05. The van der Waals surface area contributed by atoms with Crippen LogP contribution in [0.25, 0.3) is 0 Å². The third kappa shape index (κ3) is 5.29. The summed E-state index contributed by atoms with van der Waals surface area (Å²) in [6, 6.07) is 15.1. The summed E-state index contributed by atoms with van der Waals surface area (Å²) in [6.45, 7) is 7.93. The SMILES string of the molecule is Cc1ccc(CNCc2ccc(N(C)C)c(OC(C)C)c2)cc1. The predicted octanol–water partition coefficient (Wildman–Crippen LogP) is 4.14. The first kappa shape index (κ1) is 17.4. The molecular weight excluding hydrogens is 284 g/mol. The predicted molar refractivity (Wildman–Crippen MR) is 98.3 cm³/mol. The van der Waals surface area contributed by atoms with Crippen molar-refractivity contribution >= 4 is 5.69 Å². The standard InChI is InChI=1S/C20H28N2O/c1-15(2)23-20-12-18(10-11-19(20)22(4)5)14-21-13-17-8-6-16(3)7-9-17/h6-12,15,21H,13-14H2,1-5H3. The fourth-order valence-electron chi connectivity index (χ4n) is 2.44. The fourth-order valence-corrected chi connectivity index (χ4v) is 2.44. The third-order valence-corrected chi connectivity index (χ3v) is 3.65. The monoisotopic (exact) mass is 312 g/mol. The largest absolute Gasteiger partial charge is 0.489 e. The fraction of sp³-hybridized carbons (Fsp3) is 0.400. The lowest BCUT2D eigenvalue weighted by Gasteiger charge is -2.20. The summed E-state index contributed by atoms with van der Waals surface area (Å²) in [7, 11) is 4.08. The normalized spacial score (nSPS) is 10.9. The highest BCUT2D eigenvalue weighted by Crippen LogP contribution is 2.29. The van der Waals surface area contributed by atoms with E-state index in [4.69, 9.17) is 4.74 Å². The first-order valence-electron chi connectivity index (χ1n) is 8.19. The van der Waals surface area contributed by atoms with E-state index in [1.165, 1.54) is 16.7 Å². The van der Waals surface area contributed by atoms with E-state index in [9.17, 15) is 0 Å². The summed E-state index contributed by atoms with van der Waals surface area (Å²) in [4.78, 5) is 2.08. The minimum absolute atomic E-state index is 0.171. The summed E-state index contributed by atoms with van der Waals surface area (Å²) >= 11 is 0. The molecule has 3 heteroatoms. The molecule has 23 heavy (non-hydrogen) atoms. The zero-order chi connectivity index (χ0) is 16.8. The van der Waals surface area contributed by atoms with E-state index in [2.05, 4.69) is 73.5 Å². The number of hydrogen-bond acceptors (Lipinski definition) is 3. The second kappa shape index (κ2) is 8.02. The lowest BCUT2D eigenvalue weighted by Crippen LogP contribution is -2.16. The molecule has 0 aliphatic rings. The van der Waals surface area contributed by atoms with Crippen LogP contribution in [0.2, 0.25) is 0 Å². The van der Waals surface area contributed by atoms with Crippen LogP contribution in [0.4, 0.5) is 5.69 Å². The number of nitrogens with one attached hydrogen (secondary N) is 1. The molecule has 2 aromatic carbocycles. The van der Waals surface area contributed by atoms with E-state index in [0.717, 1.165) is 24.5 Å². The summed E-state index contributed by atoms with van der Waals surface area (Å²) < 4.78 is 5.96. The van der Waals surface area contributed by atoms with Gasteiger partial charge in [-0.05, 0) is 44.0 Å². The van der Waals surface area contributed by atoms with Crippen LogP contribution in [-0.2, 0) is 13.1 Å². The van der Waals surface area contributed by atoms with Gasteiger partial charge in [-0.25, -0.2) is 0 Å². The van der Waals surface area contributed by atoms with Crippen molar-refractivity contribution < 1.29 is 4.74 Å². The molecule has 0 unspecified atom stereocenters. The molecule has 0 saturated heterocycles. The average molecular weight is 312 g/mol. The number of rotatable bonds is 7. The van der Waals surface area contributed by atoms with Crippen molar-refractivity contribution in [2.24, 2.45) is 0 Å². The molecule has 3 nitrogen and oxygen atoms in total. The van der Waals surface area contributed by atoms with Gasteiger partial charge in [-0.1, -0.05) is 35.9 Å². The van der Waals surface area contributed by atoms with Crippen LogP contribution in [0.15, 0.2) is 42.5 Å². The maximum atomic E-state index is 5.96. The molecule has 0 radical (unpaired) electrons. The van der Waals surface area contributed by atoms with Crippen LogP contribution in [0, 0.1) is 6.92 Å². The Labute approximate surface area is 140 Å². The van der Waals surface area contributed by atoms with Crippen LogP contribution in [0.1, 0.15) is 30.5 Å². The van der Waals surface area contributed by atoms with Crippen molar-refractivity contribution in [1.29, 1.82) is 0 Å². The zero-order valence-electron chi connectivity index (χ0n) is 14.9. The van der Waals surface area contributed by atoms with Crippen LogP contribution in [-0.4, -0.2) is 20.2 Å². The highest BCUT2D eigenvalue weighted by molar-refractivity contribution is 5.59. The van der Waals surface area contributed by atoms with Gasteiger partial charge in [-0.3, -0.25) is 0 Å². The summed E-state index contributed by atoms with van der Waals surface area (Å²) in [6.07, 6.45) is 0.171. The molecule has 0 atom stereocenters. The molecule has 2 rings (SSSR count). The van der Waals surface area contributed by atoms with Crippen molar-refractivity contribution in [3.05, 3.63) is 59.2 Å². The smallest absolute Gasteiger partial charge is 0.143 e. The summed E-state index contributed by atoms with van der Waals surface area (Å²) in [5, 5.41) is 3.50. The molecule has 0 heterocycles. The number of anilines is 1. The first-order chi connectivity index (χ1) is 11.0. The Balaban J connectivity index is 2.00. The Morgan fingerprint density at radius 1 is 0.957 bits per heavy atom. The number of aryl methyl sites for hydroxylation is 1. The quantitative estimate of drug-likeness (QED) is 0.831. The highest BCUT2D eigenvalue weighted by atomic mass is 16.5. The maximum absolute atomic E-state index is 5.96. The molecule has 124 valence electrons. The van der Waals surface area contributed by atoms with Gasteiger partial charge in [-0.15, -0.1) is 0 Å². The van der Waals surface area contributed by atoms with Gasteiger partial charge >= 0.3 is 0 Å². The number of nitrogens with zero attached hydrogens (tertiary/aromatic N) is 1. The van der Waals surface area contributed by atoms with Crippen molar-refractivity contribution in [2.45, 2.75) is 40.0 Å². The molecule has 0 bridgehead atoms. The van der Waals surface area contributed by atoms with E-state index < -0.39 is 0 Å². The molecule has 0 aliphatic carbocycles. The molecule has 0 spiro atoms. The van der Waals surface area contributed by atoms with Crippen LogP contribution >= 0.6 is 0 Å². The van der Waals surface area contributed by atoms with E-state index in [1.807, 2.05) is 14.1 Å². The molecule has 2 aromatic rings. The Morgan fingerprint density at radius 2 is 1.57 bits per heavy atom. The van der Waals surface area contributed by atoms with Gasteiger partial charge in [0.1, 0.15) is 5.75 Å². The molecule has 0 amide bonds. The van der Waals surface area contributed by atoms with Gasteiger partial charge in [0, 0.05) is 27.2 Å². The Morgan fingerprint density at radius 3 is 2.17 bits per heavy atom. The van der Waals surface area contributed by atoms with E-state index in [1.54, 1.807) is 0 Å². The van der Waals surface area contributed by atoms with Gasteiger partial charge in [0.15, 0.2) is 0 Å². The zero-order valence-corrected chi connectivity index (χ0v) is 14.9. The van der Waals surface area contributed by atoms with Crippen LogP contribution < -0.4 is 15.0 Å². The van der Waals surface area contributed by atoms with E-state index in [-0.39, 0.29) is 6.10 Å². The van der Waals surface area contributed by atoms with Gasteiger partial charge in [0.25, 0.3) is 0 Å². The topological polar surface area (TPSA) is 24.5 Å². The molecule has 0 aliphatic heterocycles. The van der Waals surface area contributed by atoms with Crippen molar-refractivity contribution in [2.75, 3.05) is 19.0 Å². The van der Waals surface area contributed by atoms with Gasteiger partial charge in [-0.2, -0.15) is 0 Å². The summed E-state index contributed by atoms with van der Waals surface area (Å²) in [5.74, 6) is 0.944. The molecule has 0 fully saturated rings. The van der Waals surface area contributed by atoms with E-state index >= 15 is 0 Å². The first-order valence-corrected chi connectivity index (χ1v) is 8.19.